The van der Waals surface area contributed by atoms with E-state index in [4.69, 9.17) is 0 Å². The van der Waals surface area contributed by atoms with Crippen molar-refractivity contribution < 1.29 is 14.0 Å². The van der Waals surface area contributed by atoms with Crippen molar-refractivity contribution in [1.29, 1.82) is 0 Å². The van der Waals surface area contributed by atoms with E-state index in [1.807, 2.05) is 19.9 Å². The Morgan fingerprint density at radius 1 is 1.15 bits per heavy atom. The lowest BCUT2D eigenvalue weighted by Gasteiger charge is -2.12. The van der Waals surface area contributed by atoms with Crippen molar-refractivity contribution in [1.82, 2.24) is 10.6 Å². The number of amides is 2. The Hall–Kier alpha value is -2.34. The van der Waals surface area contributed by atoms with Crippen LogP contribution in [0.25, 0.3) is 0 Å². The second kappa shape index (κ2) is 9.97. The predicted molar refractivity (Wildman–Crippen MR) is 103 cm³/mol. The maximum Gasteiger partial charge on any atom is 0.251 e. The molecule has 26 heavy (non-hydrogen) atoms. The summed E-state index contributed by atoms with van der Waals surface area (Å²) in [5, 5.41) is 5.71. The highest BCUT2D eigenvalue weighted by Crippen LogP contribution is 2.20. The Morgan fingerprint density at radius 3 is 2.65 bits per heavy atom. The van der Waals surface area contributed by atoms with Gasteiger partial charge in [-0.05, 0) is 43.2 Å². The monoisotopic (exact) mass is 374 g/mol. The van der Waals surface area contributed by atoms with Gasteiger partial charge in [-0.2, -0.15) is 0 Å². The van der Waals surface area contributed by atoms with E-state index in [0.29, 0.717) is 17.0 Å². The zero-order valence-corrected chi connectivity index (χ0v) is 15.7. The van der Waals surface area contributed by atoms with E-state index in [0.717, 1.165) is 23.7 Å². The number of carbonyl (C=O) groups is 2. The summed E-state index contributed by atoms with van der Waals surface area (Å²) in [6, 6.07) is 13.6. The van der Waals surface area contributed by atoms with E-state index < -0.39 is 0 Å². The van der Waals surface area contributed by atoms with Gasteiger partial charge in [0.2, 0.25) is 5.91 Å². The average molecular weight is 374 g/mol. The zero-order chi connectivity index (χ0) is 18.9. The van der Waals surface area contributed by atoms with Crippen molar-refractivity contribution in [2.75, 3.05) is 5.75 Å². The molecule has 2 aromatic carbocycles. The highest BCUT2D eigenvalue weighted by Gasteiger charge is 2.10. The molecule has 0 fully saturated rings. The fourth-order valence-electron chi connectivity index (χ4n) is 2.19. The highest BCUT2D eigenvalue weighted by atomic mass is 32.2. The number of hydrogen-bond donors (Lipinski definition) is 2. The SMILES string of the molecule is CCC(C)NC(=O)c1cccc(CNC(=O)CSc2ccccc2F)c1. The van der Waals surface area contributed by atoms with Crippen LogP contribution in [0, 0.1) is 5.82 Å². The van der Waals surface area contributed by atoms with E-state index >= 15 is 0 Å². The predicted octanol–water partition coefficient (Wildman–Crippen LogP) is 3.76. The van der Waals surface area contributed by atoms with Crippen molar-refractivity contribution in [3.8, 4) is 0 Å². The number of nitrogens with one attached hydrogen (secondary N) is 2. The van der Waals surface area contributed by atoms with Crippen molar-refractivity contribution in [3.63, 3.8) is 0 Å². The van der Waals surface area contributed by atoms with E-state index in [9.17, 15) is 14.0 Å². The lowest BCUT2D eigenvalue weighted by molar-refractivity contribution is -0.118. The molecular formula is C20H23FN2O2S. The van der Waals surface area contributed by atoms with Gasteiger partial charge in [-0.1, -0.05) is 31.2 Å². The second-order valence-electron chi connectivity index (χ2n) is 5.98. The van der Waals surface area contributed by atoms with Crippen LogP contribution in [0.15, 0.2) is 53.4 Å². The van der Waals surface area contributed by atoms with Gasteiger partial charge in [-0.15, -0.1) is 11.8 Å². The third-order valence-corrected chi connectivity index (χ3v) is 4.91. The van der Waals surface area contributed by atoms with E-state index in [1.165, 1.54) is 6.07 Å². The Labute approximate surface area is 157 Å². The van der Waals surface area contributed by atoms with Crippen LogP contribution in [0.5, 0.6) is 0 Å². The minimum absolute atomic E-state index is 0.112. The molecule has 1 unspecified atom stereocenters. The molecule has 6 heteroatoms. The molecule has 2 rings (SSSR count). The molecule has 0 heterocycles. The Balaban J connectivity index is 1.85. The van der Waals surface area contributed by atoms with Crippen LogP contribution in [-0.2, 0) is 11.3 Å². The van der Waals surface area contributed by atoms with Gasteiger partial charge >= 0.3 is 0 Å². The van der Waals surface area contributed by atoms with Gasteiger partial charge in [0.15, 0.2) is 0 Å². The van der Waals surface area contributed by atoms with Gasteiger partial charge in [0, 0.05) is 23.0 Å². The van der Waals surface area contributed by atoms with Gasteiger partial charge in [0.1, 0.15) is 5.82 Å². The fourth-order valence-corrected chi connectivity index (χ4v) is 2.96. The zero-order valence-electron chi connectivity index (χ0n) is 14.9. The quantitative estimate of drug-likeness (QED) is 0.692. The molecule has 2 amide bonds. The van der Waals surface area contributed by atoms with Gasteiger partial charge in [-0.3, -0.25) is 9.59 Å². The normalized spacial score (nSPS) is 11.7. The summed E-state index contributed by atoms with van der Waals surface area (Å²) in [5.41, 5.74) is 1.41. The molecule has 0 bridgehead atoms. The number of rotatable bonds is 8. The third kappa shape index (κ3) is 6.19. The molecule has 0 saturated carbocycles. The average Bonchev–Trinajstić information content (AvgIpc) is 2.65. The summed E-state index contributed by atoms with van der Waals surface area (Å²) in [4.78, 5) is 24.6. The van der Waals surface area contributed by atoms with Gasteiger partial charge < -0.3 is 10.6 Å². The summed E-state index contributed by atoms with van der Waals surface area (Å²) < 4.78 is 13.5. The highest BCUT2D eigenvalue weighted by molar-refractivity contribution is 8.00. The number of halogens is 1. The summed E-state index contributed by atoms with van der Waals surface area (Å²) in [6.07, 6.45) is 0.862. The van der Waals surface area contributed by atoms with E-state index in [2.05, 4.69) is 10.6 Å². The summed E-state index contributed by atoms with van der Waals surface area (Å²) >= 11 is 1.16. The Kier molecular flexibility index (Phi) is 7.66. The van der Waals surface area contributed by atoms with E-state index in [1.54, 1.807) is 36.4 Å². The largest absolute Gasteiger partial charge is 0.351 e. The van der Waals surface area contributed by atoms with Crippen LogP contribution in [0.3, 0.4) is 0 Å². The standard InChI is InChI=1S/C20H23FN2O2S/c1-3-14(2)23-20(25)16-8-6-7-15(11-16)12-22-19(24)13-26-18-10-5-4-9-17(18)21/h4-11,14H,3,12-13H2,1-2H3,(H,22,24)(H,23,25). The molecule has 1 atom stereocenters. The van der Waals surface area contributed by atoms with Crippen LogP contribution in [0.2, 0.25) is 0 Å². The first-order valence-corrected chi connectivity index (χ1v) is 9.52. The smallest absolute Gasteiger partial charge is 0.251 e. The Bertz CT molecular complexity index is 767. The summed E-state index contributed by atoms with van der Waals surface area (Å²) in [7, 11) is 0. The minimum Gasteiger partial charge on any atom is -0.351 e. The molecule has 2 N–H and O–H groups in total. The van der Waals surface area contributed by atoms with Crippen LogP contribution in [-0.4, -0.2) is 23.6 Å². The van der Waals surface area contributed by atoms with Gasteiger partial charge in [0.05, 0.1) is 5.75 Å². The molecule has 2 aromatic rings. The molecule has 138 valence electrons. The lowest BCUT2D eigenvalue weighted by Crippen LogP contribution is -2.32. The molecule has 0 spiro atoms. The molecule has 0 aliphatic heterocycles. The topological polar surface area (TPSA) is 58.2 Å². The minimum atomic E-state index is -0.328. The molecule has 4 nitrogen and oxygen atoms in total. The van der Waals surface area contributed by atoms with Gasteiger partial charge in [-0.25, -0.2) is 4.39 Å². The van der Waals surface area contributed by atoms with E-state index in [-0.39, 0.29) is 29.4 Å². The second-order valence-corrected chi connectivity index (χ2v) is 7.00. The first kappa shape index (κ1) is 20.0. The van der Waals surface area contributed by atoms with Crippen molar-refractivity contribution in [2.45, 2.75) is 37.8 Å². The number of hydrogen-bond acceptors (Lipinski definition) is 3. The molecule has 0 aromatic heterocycles. The number of thioether (sulfide) groups is 1. The van der Waals surface area contributed by atoms with Crippen molar-refractivity contribution in [3.05, 3.63) is 65.5 Å². The maximum absolute atomic E-state index is 13.5. The van der Waals surface area contributed by atoms with Gasteiger partial charge in [0.25, 0.3) is 5.91 Å². The van der Waals surface area contributed by atoms with Crippen molar-refractivity contribution >= 4 is 23.6 Å². The van der Waals surface area contributed by atoms with Crippen LogP contribution in [0.4, 0.5) is 4.39 Å². The molecule has 0 aliphatic rings. The fraction of sp³-hybridized carbons (Fsp3) is 0.300. The molecule has 0 aliphatic carbocycles. The van der Waals surface area contributed by atoms with Crippen LogP contribution >= 0.6 is 11.8 Å². The number of benzene rings is 2. The lowest BCUT2D eigenvalue weighted by atomic mass is 10.1. The summed E-state index contributed by atoms with van der Waals surface area (Å²) in [5.74, 6) is -0.504. The van der Waals surface area contributed by atoms with Crippen LogP contribution in [0.1, 0.15) is 36.2 Å². The van der Waals surface area contributed by atoms with Crippen LogP contribution < -0.4 is 10.6 Å². The number of carbonyl (C=O) groups excluding carboxylic acids is 2. The van der Waals surface area contributed by atoms with Crippen molar-refractivity contribution in [2.24, 2.45) is 0 Å². The molecule has 0 saturated heterocycles. The molecule has 0 radical (unpaired) electrons. The molecular weight excluding hydrogens is 351 g/mol. The third-order valence-electron chi connectivity index (χ3n) is 3.86. The Morgan fingerprint density at radius 2 is 1.92 bits per heavy atom. The first-order valence-electron chi connectivity index (χ1n) is 8.53. The summed E-state index contributed by atoms with van der Waals surface area (Å²) in [6.45, 7) is 4.28. The first-order chi connectivity index (χ1) is 12.5. The maximum atomic E-state index is 13.5.